The van der Waals surface area contributed by atoms with Gasteiger partial charge in [0.1, 0.15) is 5.75 Å². The van der Waals surface area contributed by atoms with Crippen LogP contribution in [0.1, 0.15) is 34.1 Å². The Bertz CT molecular complexity index is 682. The standard InChI is InChI=1S/C16H15Br2NO2S/c1-21-11-5-2-4-10(8-11)13-6-3-7-19(13)16(20)14-9-12(17)15(18)22-14/h2,4-5,8-9,13H,3,6-7H2,1H3. The zero-order valence-corrected chi connectivity index (χ0v) is 16.0. The smallest absolute Gasteiger partial charge is 0.264 e. The number of hydrogen-bond acceptors (Lipinski definition) is 3. The summed E-state index contributed by atoms with van der Waals surface area (Å²) in [6.45, 7) is 0.799. The highest BCUT2D eigenvalue weighted by Gasteiger charge is 2.31. The number of thiophene rings is 1. The third-order valence-electron chi connectivity index (χ3n) is 3.85. The number of carbonyl (C=O) groups excluding carboxylic acids is 1. The van der Waals surface area contributed by atoms with Gasteiger partial charge in [-0.1, -0.05) is 12.1 Å². The molecule has 6 heteroatoms. The van der Waals surface area contributed by atoms with E-state index in [9.17, 15) is 4.79 Å². The third kappa shape index (κ3) is 3.09. The minimum absolute atomic E-state index is 0.0988. The summed E-state index contributed by atoms with van der Waals surface area (Å²) in [5, 5.41) is 0. The number of amides is 1. The monoisotopic (exact) mass is 443 g/mol. The van der Waals surface area contributed by atoms with E-state index in [-0.39, 0.29) is 11.9 Å². The van der Waals surface area contributed by atoms with Crippen LogP contribution >= 0.6 is 43.2 Å². The van der Waals surface area contributed by atoms with Gasteiger partial charge in [0, 0.05) is 11.0 Å². The van der Waals surface area contributed by atoms with Crippen LogP contribution in [0.5, 0.6) is 5.75 Å². The molecule has 1 saturated heterocycles. The Balaban J connectivity index is 1.87. The van der Waals surface area contributed by atoms with Crippen molar-refractivity contribution in [3.63, 3.8) is 0 Å². The lowest BCUT2D eigenvalue weighted by Gasteiger charge is -2.25. The van der Waals surface area contributed by atoms with Crippen molar-refractivity contribution in [2.75, 3.05) is 13.7 Å². The molecule has 0 aliphatic carbocycles. The molecule has 1 unspecified atom stereocenters. The summed E-state index contributed by atoms with van der Waals surface area (Å²) in [4.78, 5) is 15.5. The molecule has 2 aromatic rings. The molecule has 116 valence electrons. The van der Waals surface area contributed by atoms with Crippen molar-refractivity contribution >= 4 is 49.1 Å². The van der Waals surface area contributed by atoms with E-state index in [4.69, 9.17) is 4.74 Å². The SMILES string of the molecule is COc1cccc(C2CCCN2C(=O)c2cc(Br)c(Br)s2)c1. The third-order valence-corrected chi connectivity index (χ3v) is 7.09. The normalized spacial score (nSPS) is 17.8. The number of ether oxygens (including phenoxy) is 1. The number of carbonyl (C=O) groups is 1. The van der Waals surface area contributed by atoms with Crippen LogP contribution in [-0.4, -0.2) is 24.5 Å². The number of likely N-dealkylation sites (tertiary alicyclic amines) is 1. The predicted octanol–water partition coefficient (Wildman–Crippen LogP) is 5.26. The maximum atomic E-state index is 12.8. The molecular formula is C16H15Br2NO2S. The molecule has 0 saturated carbocycles. The number of rotatable bonds is 3. The molecule has 1 aliphatic heterocycles. The Morgan fingerprint density at radius 3 is 2.86 bits per heavy atom. The molecular weight excluding hydrogens is 430 g/mol. The lowest BCUT2D eigenvalue weighted by atomic mass is 10.0. The zero-order valence-electron chi connectivity index (χ0n) is 12.0. The van der Waals surface area contributed by atoms with Crippen molar-refractivity contribution in [3.05, 3.63) is 49.0 Å². The van der Waals surface area contributed by atoms with E-state index in [0.29, 0.717) is 0 Å². The highest BCUT2D eigenvalue weighted by molar-refractivity contribution is 9.13. The van der Waals surface area contributed by atoms with Gasteiger partial charge in [0.2, 0.25) is 0 Å². The Morgan fingerprint density at radius 2 is 2.18 bits per heavy atom. The fourth-order valence-electron chi connectivity index (χ4n) is 2.80. The lowest BCUT2D eigenvalue weighted by molar-refractivity contribution is 0.0740. The van der Waals surface area contributed by atoms with E-state index in [1.807, 2.05) is 29.2 Å². The second-order valence-electron chi connectivity index (χ2n) is 5.17. The first kappa shape index (κ1) is 16.0. The molecule has 1 aromatic carbocycles. The minimum Gasteiger partial charge on any atom is -0.497 e. The van der Waals surface area contributed by atoms with Gasteiger partial charge in [-0.3, -0.25) is 4.79 Å². The van der Waals surface area contributed by atoms with Crippen LogP contribution in [0.25, 0.3) is 0 Å². The van der Waals surface area contributed by atoms with E-state index >= 15 is 0 Å². The number of nitrogens with zero attached hydrogens (tertiary/aromatic N) is 1. The topological polar surface area (TPSA) is 29.5 Å². The average molecular weight is 445 g/mol. The summed E-state index contributed by atoms with van der Waals surface area (Å²) >= 11 is 8.37. The Morgan fingerprint density at radius 1 is 1.36 bits per heavy atom. The number of benzene rings is 1. The van der Waals surface area contributed by atoms with Gasteiger partial charge in [-0.2, -0.15) is 0 Å². The van der Waals surface area contributed by atoms with Crippen LogP contribution in [0.2, 0.25) is 0 Å². The largest absolute Gasteiger partial charge is 0.497 e. The first-order valence-electron chi connectivity index (χ1n) is 7.00. The van der Waals surface area contributed by atoms with Gasteiger partial charge >= 0.3 is 0 Å². The Hall–Kier alpha value is -0.850. The molecule has 0 spiro atoms. The molecule has 2 heterocycles. The summed E-state index contributed by atoms with van der Waals surface area (Å²) in [7, 11) is 1.66. The summed E-state index contributed by atoms with van der Waals surface area (Å²) in [6, 6.07) is 10.0. The van der Waals surface area contributed by atoms with Gasteiger partial charge < -0.3 is 9.64 Å². The van der Waals surface area contributed by atoms with Gasteiger partial charge in [-0.05, 0) is 68.5 Å². The van der Waals surface area contributed by atoms with Crippen molar-refractivity contribution in [1.29, 1.82) is 0 Å². The zero-order chi connectivity index (χ0) is 15.7. The summed E-state index contributed by atoms with van der Waals surface area (Å²) < 4.78 is 7.18. The molecule has 1 amide bonds. The van der Waals surface area contributed by atoms with E-state index in [1.54, 1.807) is 7.11 Å². The van der Waals surface area contributed by atoms with E-state index < -0.39 is 0 Å². The summed E-state index contributed by atoms with van der Waals surface area (Å²) in [5.41, 5.74) is 1.14. The van der Waals surface area contributed by atoms with E-state index in [1.165, 1.54) is 11.3 Å². The highest BCUT2D eigenvalue weighted by atomic mass is 79.9. The van der Waals surface area contributed by atoms with Gasteiger partial charge in [-0.15, -0.1) is 11.3 Å². The van der Waals surface area contributed by atoms with Crippen molar-refractivity contribution in [3.8, 4) is 5.75 Å². The van der Waals surface area contributed by atoms with Gasteiger partial charge in [0.15, 0.2) is 0 Å². The first-order valence-corrected chi connectivity index (χ1v) is 9.40. The molecule has 22 heavy (non-hydrogen) atoms. The number of methoxy groups -OCH3 is 1. The molecule has 0 bridgehead atoms. The van der Waals surface area contributed by atoms with Crippen molar-refractivity contribution in [2.24, 2.45) is 0 Å². The lowest BCUT2D eigenvalue weighted by Crippen LogP contribution is -2.29. The Labute approximate surface area is 150 Å². The first-order chi connectivity index (χ1) is 10.6. The molecule has 3 rings (SSSR count). The van der Waals surface area contributed by atoms with Crippen molar-refractivity contribution in [2.45, 2.75) is 18.9 Å². The van der Waals surface area contributed by atoms with Gasteiger partial charge in [0.25, 0.3) is 5.91 Å². The van der Waals surface area contributed by atoms with E-state index in [0.717, 1.165) is 43.8 Å². The van der Waals surface area contributed by atoms with Gasteiger partial charge in [0.05, 0.1) is 21.8 Å². The second kappa shape index (κ2) is 6.72. The minimum atomic E-state index is 0.0988. The summed E-state index contributed by atoms with van der Waals surface area (Å²) in [5.74, 6) is 0.931. The van der Waals surface area contributed by atoms with Crippen LogP contribution < -0.4 is 4.74 Å². The molecule has 3 nitrogen and oxygen atoms in total. The maximum absolute atomic E-state index is 12.8. The van der Waals surface area contributed by atoms with Crippen molar-refractivity contribution < 1.29 is 9.53 Å². The second-order valence-corrected chi connectivity index (χ2v) is 8.39. The molecule has 1 fully saturated rings. The highest BCUT2D eigenvalue weighted by Crippen LogP contribution is 2.38. The molecule has 1 atom stereocenters. The predicted molar refractivity (Wildman–Crippen MR) is 95.7 cm³/mol. The van der Waals surface area contributed by atoms with Crippen LogP contribution in [0.15, 0.2) is 38.6 Å². The molecule has 0 radical (unpaired) electrons. The van der Waals surface area contributed by atoms with Crippen LogP contribution in [0, 0.1) is 0 Å². The van der Waals surface area contributed by atoms with Crippen LogP contribution in [0.3, 0.4) is 0 Å². The van der Waals surface area contributed by atoms with E-state index in [2.05, 4.69) is 37.9 Å². The molecule has 0 N–H and O–H groups in total. The van der Waals surface area contributed by atoms with Crippen molar-refractivity contribution in [1.82, 2.24) is 4.90 Å². The van der Waals surface area contributed by atoms with Crippen LogP contribution in [-0.2, 0) is 0 Å². The Kier molecular flexibility index (Phi) is 4.90. The fraction of sp³-hybridized carbons (Fsp3) is 0.312. The number of halogens is 2. The van der Waals surface area contributed by atoms with Crippen LogP contribution in [0.4, 0.5) is 0 Å². The van der Waals surface area contributed by atoms with Gasteiger partial charge in [-0.25, -0.2) is 0 Å². The molecule has 1 aliphatic rings. The average Bonchev–Trinajstić information content (AvgIpc) is 3.14. The quantitative estimate of drug-likeness (QED) is 0.646. The fourth-order valence-corrected chi connectivity index (χ4v) is 4.79. The number of hydrogen-bond donors (Lipinski definition) is 0. The summed E-state index contributed by atoms with van der Waals surface area (Å²) in [6.07, 6.45) is 2.02. The molecule has 1 aromatic heterocycles. The maximum Gasteiger partial charge on any atom is 0.264 e.